The van der Waals surface area contributed by atoms with Crippen LogP contribution < -0.4 is 5.32 Å². The van der Waals surface area contributed by atoms with Crippen molar-refractivity contribution in [1.29, 1.82) is 0 Å². The number of aliphatic carboxylic acids is 1. The summed E-state index contributed by atoms with van der Waals surface area (Å²) in [6.07, 6.45) is 13.0. The number of pyridine rings is 1. The van der Waals surface area contributed by atoms with Gasteiger partial charge < -0.3 is 25.2 Å². The van der Waals surface area contributed by atoms with E-state index < -0.39 is 23.9 Å². The summed E-state index contributed by atoms with van der Waals surface area (Å²) in [5.74, 6) is -1.38. The van der Waals surface area contributed by atoms with Gasteiger partial charge in [-0.3, -0.25) is 9.59 Å². The first kappa shape index (κ1) is 36.8. The highest BCUT2D eigenvalue weighted by Gasteiger charge is 2.32. The zero-order valence-electron chi connectivity index (χ0n) is 26.4. The molecule has 3 N–H and O–H groups in total. The van der Waals surface area contributed by atoms with Crippen molar-refractivity contribution in [1.82, 2.24) is 9.88 Å². The lowest BCUT2D eigenvalue weighted by atomic mass is 9.90. The second kappa shape index (κ2) is 18.4. The molecular formula is C33H48F2N4O5. The standard InChI is InChI=1S/C25H36F2N4O3.C8H12O2/c1-18(9-6-5-7-12-26)22-20(27)15-21(23(28-4)30-22)29-17-34-19-10-8-13-31(14-11-19)24(33)25(2,3)16-32;1-6-2-4-7(5-3-6)8(9)10/h5-7,9,15,18-19,29,32H,4,8,10-14,16-17H2,1-3H3;2,7H,3-5H2,1H3,(H,9,10)/b7-5-,9-6-;. The van der Waals surface area contributed by atoms with Crippen molar-refractivity contribution in [2.24, 2.45) is 16.3 Å². The van der Waals surface area contributed by atoms with Crippen LogP contribution in [-0.2, 0) is 14.3 Å². The van der Waals surface area contributed by atoms with Crippen LogP contribution in [0.2, 0.25) is 0 Å². The van der Waals surface area contributed by atoms with Crippen LogP contribution in [0.5, 0.6) is 0 Å². The molecule has 3 unspecified atom stereocenters. The number of nitrogens with one attached hydrogen (secondary N) is 1. The topological polar surface area (TPSA) is 124 Å². The Hall–Kier alpha value is -3.44. The molecule has 0 spiro atoms. The highest BCUT2D eigenvalue weighted by Crippen LogP contribution is 2.29. The van der Waals surface area contributed by atoms with Crippen molar-refractivity contribution in [3.05, 3.63) is 53.5 Å². The molecule has 3 atom stereocenters. The van der Waals surface area contributed by atoms with E-state index in [9.17, 15) is 23.5 Å². The van der Waals surface area contributed by atoms with Crippen LogP contribution in [-0.4, -0.2) is 77.9 Å². The summed E-state index contributed by atoms with van der Waals surface area (Å²) < 4.78 is 32.8. The zero-order valence-corrected chi connectivity index (χ0v) is 26.4. The summed E-state index contributed by atoms with van der Waals surface area (Å²) in [6, 6.07) is 1.32. The molecule has 3 rings (SSSR count). The summed E-state index contributed by atoms with van der Waals surface area (Å²) in [5, 5.41) is 21.1. The van der Waals surface area contributed by atoms with Crippen molar-refractivity contribution in [2.45, 2.75) is 78.2 Å². The molecule has 2 aliphatic rings. The monoisotopic (exact) mass is 618 g/mol. The largest absolute Gasteiger partial charge is 0.481 e. The van der Waals surface area contributed by atoms with E-state index in [4.69, 9.17) is 9.84 Å². The highest BCUT2D eigenvalue weighted by atomic mass is 19.1. The fourth-order valence-corrected chi connectivity index (χ4v) is 4.87. The van der Waals surface area contributed by atoms with E-state index in [-0.39, 0.29) is 48.7 Å². The third kappa shape index (κ3) is 11.6. The van der Waals surface area contributed by atoms with Crippen LogP contribution in [0.1, 0.15) is 77.8 Å². The van der Waals surface area contributed by atoms with Crippen LogP contribution in [0.4, 0.5) is 20.3 Å². The number of anilines is 1. The normalized spacial score (nSPS) is 20.0. The number of nitrogens with zero attached hydrogens (tertiary/aromatic N) is 3. The van der Waals surface area contributed by atoms with Gasteiger partial charge in [-0.15, -0.1) is 0 Å². The molecular weight excluding hydrogens is 570 g/mol. The number of carbonyl (C=O) groups is 2. The Kier molecular flexibility index (Phi) is 15.4. The van der Waals surface area contributed by atoms with E-state index >= 15 is 0 Å². The number of carboxylic acids is 1. The van der Waals surface area contributed by atoms with Gasteiger partial charge in [0.2, 0.25) is 5.91 Å². The third-order valence-electron chi connectivity index (χ3n) is 7.81. The van der Waals surface area contributed by atoms with Crippen LogP contribution in [0.3, 0.4) is 0 Å². The van der Waals surface area contributed by atoms with Gasteiger partial charge in [0.15, 0.2) is 5.82 Å². The maximum atomic E-state index is 14.7. The number of aliphatic hydroxyl groups excluding tert-OH is 1. The average molecular weight is 619 g/mol. The molecule has 1 saturated heterocycles. The van der Waals surface area contributed by atoms with Crippen molar-refractivity contribution in [3.8, 4) is 0 Å². The average Bonchev–Trinajstić information content (AvgIpc) is 3.25. The Morgan fingerprint density at radius 3 is 2.66 bits per heavy atom. The number of hydrogen-bond donors (Lipinski definition) is 3. The number of aliphatic imine (C=N–C) groups is 1. The fraction of sp³-hybridized carbons (Fsp3) is 0.576. The molecule has 1 aromatic rings. The number of alkyl halides is 1. The minimum absolute atomic E-state index is 0.0534. The number of rotatable bonds is 12. The SMILES string of the molecule is C=Nc1nc(C(C)/C=C\C=C/CF)c(F)cc1NCOC1CCCN(C(=O)C(C)(C)CO)CC1.CC1=CCC(C(=O)O)CC1. The van der Waals surface area contributed by atoms with Crippen molar-refractivity contribution >= 4 is 30.1 Å². The number of carboxylic acid groups (broad SMARTS) is 1. The number of hydrogen-bond acceptors (Lipinski definition) is 7. The van der Waals surface area contributed by atoms with Gasteiger partial charge in [-0.2, -0.15) is 0 Å². The molecule has 0 saturated carbocycles. The van der Waals surface area contributed by atoms with Gasteiger partial charge >= 0.3 is 5.97 Å². The summed E-state index contributed by atoms with van der Waals surface area (Å²) in [5.41, 5.74) is 1.13. The summed E-state index contributed by atoms with van der Waals surface area (Å²) >= 11 is 0. The van der Waals surface area contributed by atoms with E-state index in [1.54, 1.807) is 43.9 Å². The summed E-state index contributed by atoms with van der Waals surface area (Å²) in [6.45, 7) is 11.4. The number of aliphatic hydroxyl groups is 1. The lowest BCUT2D eigenvalue weighted by Crippen LogP contribution is -2.43. The van der Waals surface area contributed by atoms with E-state index in [0.717, 1.165) is 32.1 Å². The molecule has 0 aromatic carbocycles. The van der Waals surface area contributed by atoms with Gasteiger partial charge in [-0.1, -0.05) is 42.9 Å². The molecule has 9 nitrogen and oxygen atoms in total. The van der Waals surface area contributed by atoms with Gasteiger partial charge in [0.25, 0.3) is 0 Å². The third-order valence-corrected chi connectivity index (χ3v) is 7.81. The molecule has 11 heteroatoms. The maximum Gasteiger partial charge on any atom is 0.306 e. The minimum atomic E-state index is -0.794. The smallest absolute Gasteiger partial charge is 0.306 e. The van der Waals surface area contributed by atoms with Gasteiger partial charge in [0, 0.05) is 25.1 Å². The number of halogens is 2. The molecule has 44 heavy (non-hydrogen) atoms. The molecule has 1 aliphatic carbocycles. The second-order valence-corrected chi connectivity index (χ2v) is 11.9. The first-order chi connectivity index (χ1) is 20.9. The molecule has 2 heterocycles. The minimum Gasteiger partial charge on any atom is -0.481 e. The van der Waals surface area contributed by atoms with Gasteiger partial charge in [0.1, 0.15) is 19.2 Å². The quantitative estimate of drug-likeness (QED) is 0.108. The van der Waals surface area contributed by atoms with E-state index in [1.807, 2.05) is 6.08 Å². The fourth-order valence-electron chi connectivity index (χ4n) is 4.87. The Morgan fingerprint density at radius 1 is 1.30 bits per heavy atom. The summed E-state index contributed by atoms with van der Waals surface area (Å²) in [7, 11) is 0. The molecule has 0 bridgehead atoms. The van der Waals surface area contributed by atoms with Crippen LogP contribution in [0.25, 0.3) is 0 Å². The Labute approximate surface area is 259 Å². The predicted molar refractivity (Wildman–Crippen MR) is 169 cm³/mol. The molecule has 1 fully saturated rings. The molecule has 244 valence electrons. The van der Waals surface area contributed by atoms with E-state index in [2.05, 4.69) is 28.9 Å². The van der Waals surface area contributed by atoms with E-state index in [0.29, 0.717) is 25.2 Å². The Bertz CT molecular complexity index is 1200. The van der Waals surface area contributed by atoms with Crippen LogP contribution in [0, 0.1) is 17.2 Å². The number of allylic oxidation sites excluding steroid dienone is 6. The molecule has 1 amide bonds. The van der Waals surface area contributed by atoms with Gasteiger partial charge in [-0.25, -0.2) is 18.8 Å². The molecule has 0 radical (unpaired) electrons. The van der Waals surface area contributed by atoms with Gasteiger partial charge in [-0.05, 0) is 66.0 Å². The maximum absolute atomic E-state index is 14.7. The Balaban J connectivity index is 0.000000569. The zero-order chi connectivity index (χ0) is 32.7. The Morgan fingerprint density at radius 2 is 2.05 bits per heavy atom. The summed E-state index contributed by atoms with van der Waals surface area (Å²) in [4.78, 5) is 33.0. The van der Waals surface area contributed by atoms with Crippen molar-refractivity contribution < 1.29 is 33.3 Å². The number of carbonyl (C=O) groups excluding carboxylic acids is 1. The number of likely N-dealkylation sites (tertiary alicyclic amines) is 1. The van der Waals surface area contributed by atoms with Crippen molar-refractivity contribution in [3.63, 3.8) is 0 Å². The lowest BCUT2D eigenvalue weighted by molar-refractivity contribution is -0.143. The second-order valence-electron chi connectivity index (χ2n) is 11.9. The highest BCUT2D eigenvalue weighted by molar-refractivity contribution is 5.82. The molecule has 1 aliphatic heterocycles. The van der Waals surface area contributed by atoms with Crippen LogP contribution in [0.15, 0.2) is 47.0 Å². The first-order valence-electron chi connectivity index (χ1n) is 15.1. The van der Waals surface area contributed by atoms with E-state index in [1.165, 1.54) is 17.7 Å². The van der Waals surface area contributed by atoms with Crippen LogP contribution >= 0.6 is 0 Å². The number of amides is 1. The first-order valence-corrected chi connectivity index (χ1v) is 15.1. The lowest BCUT2D eigenvalue weighted by Gasteiger charge is -2.29. The predicted octanol–water partition coefficient (Wildman–Crippen LogP) is 6.34. The number of aromatic nitrogens is 1. The number of ether oxygens (including phenoxy) is 1. The van der Waals surface area contributed by atoms with Crippen molar-refractivity contribution in [2.75, 3.05) is 38.4 Å². The van der Waals surface area contributed by atoms with Gasteiger partial charge in [0.05, 0.1) is 35.4 Å². The molecule has 1 aromatic heterocycles.